The van der Waals surface area contributed by atoms with Gasteiger partial charge in [-0.2, -0.15) is 0 Å². The Labute approximate surface area is 129 Å². The van der Waals surface area contributed by atoms with Crippen LogP contribution >= 0.6 is 27.5 Å². The Morgan fingerprint density at radius 2 is 2.10 bits per heavy atom. The minimum atomic E-state index is -0.450. The van der Waals surface area contributed by atoms with Crippen molar-refractivity contribution in [2.75, 3.05) is 6.61 Å². The highest BCUT2D eigenvalue weighted by molar-refractivity contribution is 9.10. The molecule has 0 aliphatic carbocycles. The summed E-state index contributed by atoms with van der Waals surface area (Å²) in [5.41, 5.74) is 1.09. The number of ketones is 1. The van der Waals surface area contributed by atoms with E-state index >= 15 is 0 Å². The molecule has 0 spiro atoms. The molecular weight excluding hydrogens is 347 g/mol. The van der Waals surface area contributed by atoms with Crippen molar-refractivity contribution in [3.8, 4) is 5.75 Å². The van der Waals surface area contributed by atoms with Crippen molar-refractivity contribution in [3.63, 3.8) is 0 Å². The van der Waals surface area contributed by atoms with Crippen molar-refractivity contribution in [2.24, 2.45) is 0 Å². The topological polar surface area (TPSA) is 26.3 Å². The first-order valence-corrected chi connectivity index (χ1v) is 7.01. The molecule has 0 unspecified atom stereocenters. The van der Waals surface area contributed by atoms with Crippen LogP contribution in [0.3, 0.4) is 0 Å². The van der Waals surface area contributed by atoms with Crippen molar-refractivity contribution < 1.29 is 13.9 Å². The second kappa shape index (κ2) is 6.37. The standard InChI is InChI=1S/C15H11BrClFO2/c1-9-5-11(16)7-13(17)15(9)20-8-14(19)10-3-2-4-12(18)6-10/h2-7H,8H2,1H3. The van der Waals surface area contributed by atoms with E-state index in [2.05, 4.69) is 15.9 Å². The van der Waals surface area contributed by atoms with E-state index in [-0.39, 0.29) is 18.0 Å². The molecule has 2 rings (SSSR count). The maximum Gasteiger partial charge on any atom is 0.200 e. The summed E-state index contributed by atoms with van der Waals surface area (Å²) in [6, 6.07) is 9.03. The van der Waals surface area contributed by atoms with Crippen molar-refractivity contribution >= 4 is 33.3 Å². The molecule has 0 bridgehead atoms. The van der Waals surface area contributed by atoms with E-state index in [1.54, 1.807) is 12.1 Å². The summed E-state index contributed by atoms with van der Waals surface area (Å²) in [4.78, 5) is 11.9. The number of hydrogen-bond donors (Lipinski definition) is 0. The van der Waals surface area contributed by atoms with Gasteiger partial charge in [0.05, 0.1) is 5.02 Å². The van der Waals surface area contributed by atoms with Gasteiger partial charge in [0.15, 0.2) is 12.4 Å². The molecule has 20 heavy (non-hydrogen) atoms. The fourth-order valence-corrected chi connectivity index (χ4v) is 2.78. The van der Waals surface area contributed by atoms with Crippen LogP contribution in [0.2, 0.25) is 5.02 Å². The van der Waals surface area contributed by atoms with Gasteiger partial charge >= 0.3 is 0 Å². The maximum absolute atomic E-state index is 13.0. The Bertz CT molecular complexity index is 635. The molecule has 0 saturated heterocycles. The Kier molecular flexibility index (Phi) is 4.78. The number of halogens is 3. The van der Waals surface area contributed by atoms with Gasteiger partial charge in [0, 0.05) is 10.0 Å². The number of rotatable bonds is 4. The van der Waals surface area contributed by atoms with E-state index in [0.29, 0.717) is 10.8 Å². The van der Waals surface area contributed by atoms with Gasteiger partial charge in [-0.1, -0.05) is 39.7 Å². The molecule has 0 saturated carbocycles. The first-order valence-electron chi connectivity index (χ1n) is 5.84. The van der Waals surface area contributed by atoms with Crippen molar-refractivity contribution in [3.05, 3.63) is 62.8 Å². The summed E-state index contributed by atoms with van der Waals surface area (Å²) in [7, 11) is 0. The molecule has 2 nitrogen and oxygen atoms in total. The molecule has 0 aliphatic rings. The molecule has 0 aliphatic heterocycles. The predicted octanol–water partition coefficient (Wildman–Crippen LogP) is 4.81. The summed E-state index contributed by atoms with van der Waals surface area (Å²) >= 11 is 9.39. The van der Waals surface area contributed by atoms with E-state index in [9.17, 15) is 9.18 Å². The third-order valence-corrected chi connectivity index (χ3v) is 3.43. The van der Waals surface area contributed by atoms with Crippen LogP contribution in [0.5, 0.6) is 5.75 Å². The van der Waals surface area contributed by atoms with Gasteiger partial charge in [0.1, 0.15) is 11.6 Å². The van der Waals surface area contributed by atoms with Gasteiger partial charge in [-0.25, -0.2) is 4.39 Å². The lowest BCUT2D eigenvalue weighted by Gasteiger charge is -2.11. The van der Waals surface area contributed by atoms with Crippen LogP contribution in [0.15, 0.2) is 40.9 Å². The van der Waals surface area contributed by atoms with Crippen molar-refractivity contribution in [1.29, 1.82) is 0 Å². The molecule has 0 radical (unpaired) electrons. The second-order valence-electron chi connectivity index (χ2n) is 4.26. The van der Waals surface area contributed by atoms with E-state index in [1.165, 1.54) is 18.2 Å². The number of carbonyl (C=O) groups excluding carboxylic acids is 1. The fourth-order valence-electron chi connectivity index (χ4n) is 1.75. The number of carbonyl (C=O) groups is 1. The fraction of sp³-hybridized carbons (Fsp3) is 0.133. The van der Waals surface area contributed by atoms with Crippen LogP contribution < -0.4 is 4.74 Å². The highest BCUT2D eigenvalue weighted by atomic mass is 79.9. The Morgan fingerprint density at radius 3 is 2.75 bits per heavy atom. The van der Waals surface area contributed by atoms with E-state index in [0.717, 1.165) is 10.0 Å². The number of ether oxygens (including phenoxy) is 1. The number of Topliss-reactive ketones (excluding diaryl/α,β-unsaturated/α-hetero) is 1. The lowest BCUT2D eigenvalue weighted by molar-refractivity contribution is 0.0921. The third-order valence-electron chi connectivity index (χ3n) is 2.69. The van der Waals surface area contributed by atoms with Crippen LogP contribution in [0.1, 0.15) is 15.9 Å². The molecule has 2 aromatic rings. The lowest BCUT2D eigenvalue weighted by atomic mass is 10.1. The second-order valence-corrected chi connectivity index (χ2v) is 5.58. The van der Waals surface area contributed by atoms with E-state index < -0.39 is 5.82 Å². The van der Waals surface area contributed by atoms with Gasteiger partial charge < -0.3 is 4.74 Å². The number of benzene rings is 2. The van der Waals surface area contributed by atoms with Crippen molar-refractivity contribution in [2.45, 2.75) is 6.92 Å². The Morgan fingerprint density at radius 1 is 1.35 bits per heavy atom. The monoisotopic (exact) mass is 356 g/mol. The van der Waals surface area contributed by atoms with Crippen LogP contribution in [0, 0.1) is 12.7 Å². The molecule has 2 aromatic carbocycles. The number of hydrogen-bond acceptors (Lipinski definition) is 2. The van der Waals surface area contributed by atoms with Crippen LogP contribution in [-0.4, -0.2) is 12.4 Å². The molecule has 0 amide bonds. The third kappa shape index (κ3) is 3.58. The minimum absolute atomic E-state index is 0.189. The van der Waals surface area contributed by atoms with E-state index in [4.69, 9.17) is 16.3 Å². The molecule has 0 heterocycles. The SMILES string of the molecule is Cc1cc(Br)cc(Cl)c1OCC(=O)c1cccc(F)c1. The summed E-state index contributed by atoms with van der Waals surface area (Å²) in [6.45, 7) is 1.64. The minimum Gasteiger partial charge on any atom is -0.484 e. The summed E-state index contributed by atoms with van der Waals surface area (Å²) in [5, 5.41) is 0.420. The molecule has 0 N–H and O–H groups in total. The van der Waals surface area contributed by atoms with Crippen molar-refractivity contribution in [1.82, 2.24) is 0 Å². The van der Waals surface area contributed by atoms with Gasteiger partial charge in [0.2, 0.25) is 0 Å². The summed E-state index contributed by atoms with van der Waals surface area (Å²) < 4.78 is 19.3. The van der Waals surface area contributed by atoms with Gasteiger partial charge in [0.25, 0.3) is 0 Å². The smallest absolute Gasteiger partial charge is 0.200 e. The Hall–Kier alpha value is -1.39. The molecule has 104 valence electrons. The summed E-state index contributed by atoms with van der Waals surface area (Å²) in [6.07, 6.45) is 0. The zero-order valence-electron chi connectivity index (χ0n) is 10.6. The molecule has 0 atom stereocenters. The van der Waals surface area contributed by atoms with Gasteiger partial charge in [-0.05, 0) is 36.8 Å². The lowest BCUT2D eigenvalue weighted by Crippen LogP contribution is -2.12. The maximum atomic E-state index is 13.0. The zero-order chi connectivity index (χ0) is 14.7. The first-order chi connectivity index (χ1) is 9.47. The van der Waals surface area contributed by atoms with Crippen LogP contribution in [0.4, 0.5) is 4.39 Å². The average molecular weight is 358 g/mol. The first kappa shape index (κ1) is 15.0. The normalized spacial score (nSPS) is 10.4. The highest BCUT2D eigenvalue weighted by Crippen LogP contribution is 2.32. The van der Waals surface area contributed by atoms with E-state index in [1.807, 2.05) is 13.0 Å². The molecule has 0 aromatic heterocycles. The molecule has 0 fully saturated rings. The number of aryl methyl sites for hydroxylation is 1. The Balaban J connectivity index is 2.11. The van der Waals surface area contributed by atoms with Gasteiger partial charge in [-0.15, -0.1) is 0 Å². The van der Waals surface area contributed by atoms with Crippen LogP contribution in [-0.2, 0) is 0 Å². The molecule has 5 heteroatoms. The van der Waals surface area contributed by atoms with Gasteiger partial charge in [-0.3, -0.25) is 4.79 Å². The zero-order valence-corrected chi connectivity index (χ0v) is 13.0. The quantitative estimate of drug-likeness (QED) is 0.734. The molecular formula is C15H11BrClFO2. The average Bonchev–Trinajstić information content (AvgIpc) is 2.37. The van der Waals surface area contributed by atoms with Crippen LogP contribution in [0.25, 0.3) is 0 Å². The predicted molar refractivity (Wildman–Crippen MR) is 80.1 cm³/mol. The highest BCUT2D eigenvalue weighted by Gasteiger charge is 2.12. The summed E-state index contributed by atoms with van der Waals surface area (Å²) in [5.74, 6) is -0.295. The largest absolute Gasteiger partial charge is 0.484 e.